The molecule has 7 nitrogen and oxygen atoms in total. The fourth-order valence-electron chi connectivity index (χ4n) is 2.80. The highest BCUT2D eigenvalue weighted by molar-refractivity contribution is 7.89. The minimum atomic E-state index is -3.46. The quantitative estimate of drug-likeness (QED) is 0.660. The Morgan fingerprint density at radius 3 is 2.52 bits per heavy atom. The van der Waals surface area contributed by atoms with Crippen LogP contribution in [0.1, 0.15) is 27.3 Å². The Morgan fingerprint density at radius 2 is 1.93 bits per heavy atom. The molecule has 0 saturated heterocycles. The summed E-state index contributed by atoms with van der Waals surface area (Å²) in [6, 6.07) is 8.24. The standard InChI is InChI=1S/C18H20N4O3S2/c1-12-10-16(13(2)22(12)18-20-8-9-26-18)17(23)21-11-14-4-6-15(7-5-14)27(24,25)19-3/h4-10,19H,11H2,1-3H3,(H,21,23). The highest BCUT2D eigenvalue weighted by Crippen LogP contribution is 2.22. The Balaban J connectivity index is 1.73. The largest absolute Gasteiger partial charge is 0.348 e. The summed E-state index contributed by atoms with van der Waals surface area (Å²) in [5, 5.41) is 5.60. The molecule has 3 rings (SSSR count). The van der Waals surface area contributed by atoms with Crippen molar-refractivity contribution in [1.29, 1.82) is 0 Å². The first-order valence-electron chi connectivity index (χ1n) is 8.23. The molecule has 9 heteroatoms. The van der Waals surface area contributed by atoms with Crippen molar-refractivity contribution >= 4 is 27.3 Å². The Bertz CT molecular complexity index is 1050. The number of carbonyl (C=O) groups excluding carboxylic acids is 1. The van der Waals surface area contributed by atoms with Gasteiger partial charge in [0.25, 0.3) is 5.91 Å². The van der Waals surface area contributed by atoms with E-state index in [0.29, 0.717) is 12.1 Å². The smallest absolute Gasteiger partial charge is 0.253 e. The lowest BCUT2D eigenvalue weighted by Crippen LogP contribution is -2.23. The van der Waals surface area contributed by atoms with Crippen LogP contribution in [0, 0.1) is 13.8 Å². The van der Waals surface area contributed by atoms with Gasteiger partial charge in [-0.2, -0.15) is 0 Å². The van der Waals surface area contributed by atoms with E-state index in [4.69, 9.17) is 0 Å². The van der Waals surface area contributed by atoms with Crippen LogP contribution in [0.3, 0.4) is 0 Å². The van der Waals surface area contributed by atoms with Crippen LogP contribution in [0.15, 0.2) is 46.8 Å². The van der Waals surface area contributed by atoms with Crippen LogP contribution in [-0.4, -0.2) is 30.9 Å². The average Bonchev–Trinajstić information content (AvgIpc) is 3.27. The highest BCUT2D eigenvalue weighted by Gasteiger charge is 2.17. The molecule has 0 radical (unpaired) electrons. The number of rotatable bonds is 6. The van der Waals surface area contributed by atoms with E-state index in [1.165, 1.54) is 30.5 Å². The van der Waals surface area contributed by atoms with Gasteiger partial charge < -0.3 is 5.32 Å². The minimum absolute atomic E-state index is 0.183. The number of hydrogen-bond acceptors (Lipinski definition) is 5. The van der Waals surface area contributed by atoms with E-state index in [-0.39, 0.29) is 10.8 Å². The van der Waals surface area contributed by atoms with Gasteiger partial charge in [0, 0.05) is 29.5 Å². The summed E-state index contributed by atoms with van der Waals surface area (Å²) in [7, 11) is -2.10. The Hall–Kier alpha value is -2.49. The maximum atomic E-state index is 12.6. The second-order valence-corrected chi connectivity index (χ2v) is 8.73. The molecule has 0 aliphatic rings. The molecule has 1 amide bonds. The van der Waals surface area contributed by atoms with Crippen LogP contribution >= 0.6 is 11.3 Å². The normalized spacial score (nSPS) is 11.5. The topological polar surface area (TPSA) is 93.1 Å². The van der Waals surface area contributed by atoms with Gasteiger partial charge in [-0.1, -0.05) is 12.1 Å². The Labute approximate surface area is 162 Å². The molecule has 27 heavy (non-hydrogen) atoms. The lowest BCUT2D eigenvalue weighted by molar-refractivity contribution is 0.0950. The zero-order valence-corrected chi connectivity index (χ0v) is 16.8. The summed E-state index contributed by atoms with van der Waals surface area (Å²) < 4.78 is 27.7. The molecule has 2 aromatic heterocycles. The number of nitrogens with zero attached hydrogens (tertiary/aromatic N) is 2. The number of amides is 1. The monoisotopic (exact) mass is 404 g/mol. The molecule has 0 fully saturated rings. The van der Waals surface area contributed by atoms with Crippen molar-refractivity contribution < 1.29 is 13.2 Å². The number of hydrogen-bond donors (Lipinski definition) is 2. The van der Waals surface area contributed by atoms with E-state index >= 15 is 0 Å². The second kappa shape index (κ2) is 7.63. The van der Waals surface area contributed by atoms with Crippen molar-refractivity contribution in [3.8, 4) is 5.13 Å². The summed E-state index contributed by atoms with van der Waals surface area (Å²) in [5.74, 6) is -0.183. The van der Waals surface area contributed by atoms with E-state index < -0.39 is 10.0 Å². The average molecular weight is 405 g/mol. The van der Waals surface area contributed by atoms with Gasteiger partial charge in [0.1, 0.15) is 0 Å². The van der Waals surface area contributed by atoms with Gasteiger partial charge in [-0.25, -0.2) is 18.1 Å². The van der Waals surface area contributed by atoms with E-state index in [1.54, 1.807) is 18.3 Å². The van der Waals surface area contributed by atoms with Crippen LogP contribution in [0.5, 0.6) is 0 Å². The number of aromatic nitrogens is 2. The number of thiazole rings is 1. The predicted molar refractivity (Wildman–Crippen MR) is 105 cm³/mol. The van der Waals surface area contributed by atoms with Crippen molar-refractivity contribution in [2.75, 3.05) is 7.05 Å². The molecule has 0 aliphatic heterocycles. The first-order valence-corrected chi connectivity index (χ1v) is 10.6. The van der Waals surface area contributed by atoms with Crippen molar-refractivity contribution in [1.82, 2.24) is 19.6 Å². The molecule has 0 aliphatic carbocycles. The van der Waals surface area contributed by atoms with Gasteiger partial charge in [-0.05, 0) is 44.7 Å². The fourth-order valence-corrected chi connectivity index (χ4v) is 4.28. The highest BCUT2D eigenvalue weighted by atomic mass is 32.2. The molecule has 0 unspecified atom stereocenters. The summed E-state index contributed by atoms with van der Waals surface area (Å²) in [6.07, 6.45) is 1.73. The van der Waals surface area contributed by atoms with Crippen LogP contribution in [0.2, 0.25) is 0 Å². The zero-order chi connectivity index (χ0) is 19.6. The molecule has 0 bridgehead atoms. The van der Waals surface area contributed by atoms with Crippen molar-refractivity contribution in [2.24, 2.45) is 0 Å². The molecule has 3 aromatic rings. The summed E-state index contributed by atoms with van der Waals surface area (Å²) in [6.45, 7) is 4.13. The van der Waals surface area contributed by atoms with E-state index in [0.717, 1.165) is 22.1 Å². The number of benzene rings is 1. The molecule has 142 valence electrons. The van der Waals surface area contributed by atoms with Gasteiger partial charge >= 0.3 is 0 Å². The Morgan fingerprint density at radius 1 is 1.22 bits per heavy atom. The maximum absolute atomic E-state index is 12.6. The van der Waals surface area contributed by atoms with Crippen LogP contribution in [0.25, 0.3) is 5.13 Å². The van der Waals surface area contributed by atoms with Crippen molar-refractivity contribution in [3.05, 3.63) is 64.4 Å². The molecule has 1 aromatic carbocycles. The summed E-state index contributed by atoms with van der Waals surface area (Å²) in [4.78, 5) is 17.1. The van der Waals surface area contributed by atoms with Crippen LogP contribution in [0.4, 0.5) is 0 Å². The Kier molecular flexibility index (Phi) is 5.45. The molecule has 0 atom stereocenters. The molecule has 2 heterocycles. The SMILES string of the molecule is CNS(=O)(=O)c1ccc(CNC(=O)c2cc(C)n(-c3nccs3)c2C)cc1. The van der Waals surface area contributed by atoms with Crippen LogP contribution in [-0.2, 0) is 16.6 Å². The third-order valence-electron chi connectivity index (χ3n) is 4.24. The van der Waals surface area contributed by atoms with E-state index in [9.17, 15) is 13.2 Å². The summed E-state index contributed by atoms with van der Waals surface area (Å²) >= 11 is 1.51. The number of carbonyl (C=O) groups is 1. The lowest BCUT2D eigenvalue weighted by atomic mass is 10.2. The van der Waals surface area contributed by atoms with Crippen molar-refractivity contribution in [2.45, 2.75) is 25.3 Å². The number of nitrogens with one attached hydrogen (secondary N) is 2. The van der Waals surface area contributed by atoms with Crippen LogP contribution < -0.4 is 10.0 Å². The second-order valence-electron chi connectivity index (χ2n) is 5.97. The maximum Gasteiger partial charge on any atom is 0.253 e. The first kappa shape index (κ1) is 19.3. The van der Waals surface area contributed by atoms with Gasteiger partial charge in [-0.15, -0.1) is 11.3 Å². The zero-order valence-electron chi connectivity index (χ0n) is 15.2. The van der Waals surface area contributed by atoms with E-state index in [2.05, 4.69) is 15.0 Å². The van der Waals surface area contributed by atoms with Gasteiger partial charge in [0.05, 0.1) is 10.5 Å². The molecular formula is C18H20N4O3S2. The predicted octanol–water partition coefficient (Wildman–Crippen LogP) is 2.39. The lowest BCUT2D eigenvalue weighted by Gasteiger charge is -2.08. The van der Waals surface area contributed by atoms with Gasteiger partial charge in [0.15, 0.2) is 5.13 Å². The van der Waals surface area contributed by atoms with E-state index in [1.807, 2.05) is 29.9 Å². The minimum Gasteiger partial charge on any atom is -0.348 e. The summed E-state index contributed by atoms with van der Waals surface area (Å²) in [5.41, 5.74) is 3.17. The first-order chi connectivity index (χ1) is 12.8. The third-order valence-corrected chi connectivity index (χ3v) is 6.43. The molecule has 2 N–H and O–H groups in total. The molecular weight excluding hydrogens is 384 g/mol. The van der Waals surface area contributed by atoms with Crippen molar-refractivity contribution in [3.63, 3.8) is 0 Å². The number of sulfonamides is 1. The third kappa shape index (κ3) is 3.95. The van der Waals surface area contributed by atoms with Gasteiger partial charge in [0.2, 0.25) is 10.0 Å². The molecule has 0 spiro atoms. The molecule has 0 saturated carbocycles. The fraction of sp³-hybridized carbons (Fsp3) is 0.222. The van der Waals surface area contributed by atoms with Gasteiger partial charge in [-0.3, -0.25) is 9.36 Å². The number of aryl methyl sites for hydroxylation is 1.